The number of hydrogen-bond acceptors (Lipinski definition) is 8. The van der Waals surface area contributed by atoms with Gasteiger partial charge in [-0.25, -0.2) is 9.29 Å². The summed E-state index contributed by atoms with van der Waals surface area (Å²) in [5.41, 5.74) is 2.61. The van der Waals surface area contributed by atoms with E-state index in [1.54, 1.807) is 37.3 Å². The molecule has 0 saturated carbocycles. The van der Waals surface area contributed by atoms with E-state index in [1.807, 2.05) is 19.1 Å². The summed E-state index contributed by atoms with van der Waals surface area (Å²) in [5, 5.41) is 2.49. The molecule has 1 aromatic heterocycles. The normalized spacial score (nSPS) is 19.1. The second-order valence-electron chi connectivity index (χ2n) is 10.1. The van der Waals surface area contributed by atoms with Crippen LogP contribution in [0.5, 0.6) is 11.5 Å². The molecule has 43 heavy (non-hydrogen) atoms. The SMILES string of the molecule is CCOc1cc([C@@H]2c3sc(=O)[nH]c3S[C@H]3C(=O)N(c4ccc(C)cc4)C(=O)[C@@H]23)ccc1OCC(=O)Nc1ccc(F)cc1. The number of H-pyrrole nitrogens is 1. The molecule has 3 atom stereocenters. The monoisotopic (exact) mass is 619 g/mol. The van der Waals surface area contributed by atoms with Gasteiger partial charge >= 0.3 is 4.87 Å². The van der Waals surface area contributed by atoms with Crippen LogP contribution in [-0.4, -0.2) is 41.2 Å². The van der Waals surface area contributed by atoms with E-state index in [4.69, 9.17) is 9.47 Å². The highest BCUT2D eigenvalue weighted by Crippen LogP contribution is 2.53. The lowest BCUT2D eigenvalue weighted by Gasteiger charge is -2.30. The summed E-state index contributed by atoms with van der Waals surface area (Å²) in [7, 11) is 0. The van der Waals surface area contributed by atoms with E-state index in [2.05, 4.69) is 10.3 Å². The molecule has 6 rings (SSSR count). The summed E-state index contributed by atoms with van der Waals surface area (Å²) < 4.78 is 24.8. The largest absolute Gasteiger partial charge is 0.490 e. The number of aromatic nitrogens is 1. The molecule has 3 heterocycles. The Kier molecular flexibility index (Phi) is 7.80. The van der Waals surface area contributed by atoms with Crippen LogP contribution in [0.2, 0.25) is 0 Å². The number of anilines is 2. The second kappa shape index (κ2) is 11.7. The smallest absolute Gasteiger partial charge is 0.305 e. The van der Waals surface area contributed by atoms with Crippen molar-refractivity contribution < 1.29 is 28.2 Å². The molecular formula is C31H26FN3O6S2. The van der Waals surface area contributed by atoms with Gasteiger partial charge in [0.25, 0.3) is 5.91 Å². The van der Waals surface area contributed by atoms with Gasteiger partial charge in [0, 0.05) is 16.5 Å². The number of benzene rings is 3. The van der Waals surface area contributed by atoms with Gasteiger partial charge in [0.05, 0.1) is 23.2 Å². The molecule has 1 saturated heterocycles. The Morgan fingerprint density at radius 3 is 2.44 bits per heavy atom. The van der Waals surface area contributed by atoms with Gasteiger partial charge in [0.15, 0.2) is 18.1 Å². The summed E-state index contributed by atoms with van der Waals surface area (Å²) >= 11 is 2.23. The maximum atomic E-state index is 13.9. The van der Waals surface area contributed by atoms with Gasteiger partial charge in [-0.05, 0) is 67.9 Å². The summed E-state index contributed by atoms with van der Waals surface area (Å²) in [4.78, 5) is 57.0. The van der Waals surface area contributed by atoms with Crippen molar-refractivity contribution in [1.29, 1.82) is 0 Å². The topological polar surface area (TPSA) is 118 Å². The van der Waals surface area contributed by atoms with E-state index in [1.165, 1.54) is 40.9 Å². The molecule has 2 N–H and O–H groups in total. The van der Waals surface area contributed by atoms with Crippen LogP contribution in [0.1, 0.15) is 28.8 Å². The second-order valence-corrected chi connectivity index (χ2v) is 12.2. The quantitative estimate of drug-likeness (QED) is 0.264. The lowest BCUT2D eigenvalue weighted by atomic mass is 9.83. The van der Waals surface area contributed by atoms with Crippen LogP contribution in [0.15, 0.2) is 76.6 Å². The minimum absolute atomic E-state index is 0.269. The van der Waals surface area contributed by atoms with E-state index < -0.39 is 28.8 Å². The third-order valence-electron chi connectivity index (χ3n) is 7.23. The van der Waals surface area contributed by atoms with Crippen molar-refractivity contribution in [3.05, 3.63) is 98.2 Å². The Morgan fingerprint density at radius 2 is 1.72 bits per heavy atom. The zero-order valence-electron chi connectivity index (χ0n) is 23.1. The third-order valence-corrected chi connectivity index (χ3v) is 9.63. The number of amides is 3. The van der Waals surface area contributed by atoms with Crippen molar-refractivity contribution in [1.82, 2.24) is 4.98 Å². The number of carbonyl (C=O) groups is 3. The summed E-state index contributed by atoms with van der Waals surface area (Å²) in [6.45, 7) is 3.71. The van der Waals surface area contributed by atoms with Crippen molar-refractivity contribution in [3.63, 3.8) is 0 Å². The van der Waals surface area contributed by atoms with E-state index in [0.717, 1.165) is 16.9 Å². The molecule has 0 aliphatic carbocycles. The Labute approximate surface area is 254 Å². The highest BCUT2D eigenvalue weighted by Gasteiger charge is 2.56. The zero-order valence-corrected chi connectivity index (χ0v) is 24.7. The molecule has 220 valence electrons. The first-order chi connectivity index (χ1) is 20.7. The Bertz CT molecular complexity index is 1770. The number of hydrogen-bond donors (Lipinski definition) is 2. The van der Waals surface area contributed by atoms with Gasteiger partial charge in [-0.2, -0.15) is 0 Å². The number of aryl methyl sites for hydroxylation is 1. The molecule has 9 nitrogen and oxygen atoms in total. The number of halogens is 1. The molecule has 3 amide bonds. The standard InChI is InChI=1S/C31H26FN3O6S2/c1-3-40-22-14-17(6-13-21(22)41-15-23(36)33-19-9-7-18(32)8-10-19)24-25-27(42-28-26(24)43-31(39)34-28)30(38)35(29(25)37)20-11-4-16(2)5-12-20/h4-14,24-25,27H,3,15H2,1-2H3,(H,33,36)(H,34,39)/t24-,25-,27+/m0/s1. The van der Waals surface area contributed by atoms with Crippen molar-refractivity contribution in [2.75, 3.05) is 23.4 Å². The number of rotatable bonds is 8. The summed E-state index contributed by atoms with van der Waals surface area (Å²) in [6.07, 6.45) is 0. The Balaban J connectivity index is 1.31. The van der Waals surface area contributed by atoms with E-state index in [-0.39, 0.29) is 23.3 Å². The molecule has 3 aromatic carbocycles. The molecule has 0 bridgehead atoms. The van der Waals surface area contributed by atoms with Gasteiger partial charge < -0.3 is 19.8 Å². The number of aromatic amines is 1. The highest BCUT2D eigenvalue weighted by molar-refractivity contribution is 8.00. The predicted octanol–water partition coefficient (Wildman–Crippen LogP) is 5.10. The molecule has 12 heteroatoms. The van der Waals surface area contributed by atoms with E-state index >= 15 is 0 Å². The van der Waals surface area contributed by atoms with Gasteiger partial charge in [-0.3, -0.25) is 19.2 Å². The minimum atomic E-state index is -0.750. The number of carbonyl (C=O) groups excluding carboxylic acids is 3. The number of ether oxygens (including phenoxy) is 2. The van der Waals surface area contributed by atoms with Gasteiger partial charge in [0.1, 0.15) is 11.1 Å². The molecular weight excluding hydrogens is 593 g/mol. The number of thiazole rings is 1. The van der Waals surface area contributed by atoms with Crippen molar-refractivity contribution in [3.8, 4) is 11.5 Å². The van der Waals surface area contributed by atoms with Gasteiger partial charge in [-0.1, -0.05) is 46.9 Å². The molecule has 0 spiro atoms. The van der Waals surface area contributed by atoms with Crippen LogP contribution >= 0.6 is 23.1 Å². The van der Waals surface area contributed by atoms with Crippen LogP contribution in [0.4, 0.5) is 15.8 Å². The predicted molar refractivity (Wildman–Crippen MR) is 162 cm³/mol. The maximum absolute atomic E-state index is 13.9. The van der Waals surface area contributed by atoms with Gasteiger partial charge in [0.2, 0.25) is 11.8 Å². The molecule has 4 aromatic rings. The van der Waals surface area contributed by atoms with Crippen molar-refractivity contribution in [2.24, 2.45) is 5.92 Å². The average Bonchev–Trinajstić information content (AvgIpc) is 3.48. The average molecular weight is 620 g/mol. The van der Waals surface area contributed by atoms with Gasteiger partial charge in [-0.15, -0.1) is 0 Å². The van der Waals surface area contributed by atoms with Crippen molar-refractivity contribution >= 4 is 52.2 Å². The first-order valence-corrected chi connectivity index (χ1v) is 15.2. The highest BCUT2D eigenvalue weighted by atomic mass is 32.2. The van der Waals surface area contributed by atoms with Crippen molar-refractivity contribution in [2.45, 2.75) is 30.0 Å². The molecule has 0 unspecified atom stereocenters. The van der Waals surface area contributed by atoms with Crippen LogP contribution in [-0.2, 0) is 14.4 Å². The first kappa shape index (κ1) is 28.7. The fourth-order valence-electron chi connectivity index (χ4n) is 5.30. The Morgan fingerprint density at radius 1 is 0.977 bits per heavy atom. The molecule has 1 fully saturated rings. The van der Waals surface area contributed by atoms with Crippen LogP contribution in [0.25, 0.3) is 0 Å². The number of nitrogens with zero attached hydrogens (tertiary/aromatic N) is 1. The maximum Gasteiger partial charge on any atom is 0.305 e. The molecule has 2 aliphatic heterocycles. The third kappa shape index (κ3) is 5.55. The molecule has 0 radical (unpaired) electrons. The summed E-state index contributed by atoms with van der Waals surface area (Å²) in [5.74, 6) is -2.21. The van der Waals surface area contributed by atoms with E-state index in [0.29, 0.717) is 44.9 Å². The van der Waals surface area contributed by atoms with Crippen LogP contribution < -0.4 is 24.6 Å². The number of thioether (sulfide) groups is 1. The van der Waals surface area contributed by atoms with Crippen LogP contribution in [0, 0.1) is 18.7 Å². The zero-order chi connectivity index (χ0) is 30.2. The van der Waals surface area contributed by atoms with Crippen LogP contribution in [0.3, 0.4) is 0 Å². The lowest BCUT2D eigenvalue weighted by Crippen LogP contribution is -2.32. The molecule has 2 aliphatic rings. The minimum Gasteiger partial charge on any atom is -0.490 e. The number of nitrogens with one attached hydrogen (secondary N) is 2. The summed E-state index contributed by atoms with van der Waals surface area (Å²) in [6, 6.07) is 17.7. The fourth-order valence-corrected chi connectivity index (χ4v) is 7.82. The number of fused-ring (bicyclic) bond motifs is 2. The first-order valence-electron chi connectivity index (χ1n) is 13.5. The fraction of sp³-hybridized carbons (Fsp3) is 0.226. The number of imide groups is 1. The lowest BCUT2D eigenvalue weighted by molar-refractivity contribution is -0.122. The Hall–Kier alpha value is -4.42. The van der Waals surface area contributed by atoms with E-state index in [9.17, 15) is 23.6 Å².